The molecular weight excluding hydrogens is 406 g/mol. The number of hydrogen-bond donors (Lipinski definition) is 2. The fourth-order valence-corrected chi connectivity index (χ4v) is 4.15. The van der Waals surface area contributed by atoms with Gasteiger partial charge in [-0.3, -0.25) is 24.0 Å². The third-order valence-corrected chi connectivity index (χ3v) is 5.86. The van der Waals surface area contributed by atoms with Crippen LogP contribution in [-0.2, 0) is 7.05 Å². The smallest absolute Gasteiger partial charge is 0.329 e. The van der Waals surface area contributed by atoms with Crippen LogP contribution < -0.4 is 16.6 Å². The molecule has 0 bridgehead atoms. The summed E-state index contributed by atoms with van der Waals surface area (Å²) >= 11 is 6.42. The van der Waals surface area contributed by atoms with Gasteiger partial charge in [0.1, 0.15) is 5.65 Å². The lowest BCUT2D eigenvalue weighted by Gasteiger charge is -2.29. The molecule has 3 heterocycles. The van der Waals surface area contributed by atoms with E-state index in [4.69, 9.17) is 11.6 Å². The van der Waals surface area contributed by atoms with E-state index >= 15 is 0 Å². The second kappa shape index (κ2) is 8.41. The molecule has 2 N–H and O–H groups in total. The molecule has 0 radical (unpaired) electrons. The molecule has 0 spiro atoms. The number of amides is 1. The number of pyridine rings is 1. The minimum Gasteiger partial charge on any atom is -0.350 e. The van der Waals surface area contributed by atoms with E-state index in [0.717, 1.165) is 31.5 Å². The first-order valence-corrected chi connectivity index (χ1v) is 10.2. The van der Waals surface area contributed by atoms with Crippen LogP contribution in [0.25, 0.3) is 11.0 Å². The molecule has 1 aromatic carbocycles. The first-order chi connectivity index (χ1) is 14.5. The molecule has 2 aromatic heterocycles. The Balaban J connectivity index is 1.58. The number of halogens is 1. The Kier molecular flexibility index (Phi) is 5.69. The van der Waals surface area contributed by atoms with Gasteiger partial charge in [-0.25, -0.2) is 9.78 Å². The Morgan fingerprint density at radius 3 is 2.73 bits per heavy atom. The molecule has 9 heteroatoms. The summed E-state index contributed by atoms with van der Waals surface area (Å²) in [5.41, 5.74) is 0.341. The average Bonchev–Trinajstić information content (AvgIpc) is 3.27. The van der Waals surface area contributed by atoms with Gasteiger partial charge in [0.2, 0.25) is 0 Å². The van der Waals surface area contributed by atoms with Crippen molar-refractivity contribution in [3.63, 3.8) is 0 Å². The standard InChI is InChI=1S/C21H22ClN5O3/c1-26-18-15(20(29)25-21(26)30)10-13(11-23-18)19(28)24-12-17(27-8-4-5-9-27)14-6-2-3-7-16(14)22/h2-3,6-7,10-11,17H,4-5,8-9,12H2,1H3,(H,24,28)(H,25,29,30). The first-order valence-electron chi connectivity index (χ1n) is 9.81. The summed E-state index contributed by atoms with van der Waals surface area (Å²) in [4.78, 5) is 45.3. The average molecular weight is 428 g/mol. The summed E-state index contributed by atoms with van der Waals surface area (Å²) in [6.45, 7) is 2.28. The molecule has 1 atom stereocenters. The number of aromatic nitrogens is 3. The van der Waals surface area contributed by atoms with Gasteiger partial charge in [-0.2, -0.15) is 0 Å². The second-order valence-corrected chi connectivity index (χ2v) is 7.81. The van der Waals surface area contributed by atoms with Gasteiger partial charge in [0.15, 0.2) is 0 Å². The first kappa shape index (κ1) is 20.3. The largest absolute Gasteiger partial charge is 0.350 e. The minimum atomic E-state index is -0.568. The van der Waals surface area contributed by atoms with Gasteiger partial charge in [0, 0.05) is 24.8 Å². The SMILES string of the molecule is Cn1c(=O)[nH]c(=O)c2cc(C(=O)NCC(c3ccccc3Cl)N3CCCC3)cnc21. The van der Waals surface area contributed by atoms with Crippen molar-refractivity contribution in [3.05, 3.63) is 73.5 Å². The normalized spacial score (nSPS) is 15.4. The lowest BCUT2D eigenvalue weighted by atomic mass is 10.1. The molecule has 0 saturated carbocycles. The summed E-state index contributed by atoms with van der Waals surface area (Å²) in [7, 11) is 1.51. The predicted octanol–water partition coefficient (Wildman–Crippen LogP) is 1.84. The van der Waals surface area contributed by atoms with Crippen LogP contribution in [0.1, 0.15) is 34.8 Å². The van der Waals surface area contributed by atoms with Gasteiger partial charge in [-0.15, -0.1) is 0 Å². The molecule has 1 aliphatic heterocycles. The Hall–Kier alpha value is -2.97. The predicted molar refractivity (Wildman–Crippen MR) is 115 cm³/mol. The van der Waals surface area contributed by atoms with Gasteiger partial charge in [-0.1, -0.05) is 29.8 Å². The number of carbonyl (C=O) groups is 1. The van der Waals surface area contributed by atoms with Gasteiger partial charge < -0.3 is 5.32 Å². The zero-order valence-corrected chi connectivity index (χ0v) is 17.3. The Labute approximate surface area is 177 Å². The highest BCUT2D eigenvalue weighted by molar-refractivity contribution is 6.31. The Morgan fingerprint density at radius 2 is 2.00 bits per heavy atom. The zero-order valence-electron chi connectivity index (χ0n) is 16.5. The van der Waals surface area contributed by atoms with E-state index in [1.807, 2.05) is 24.3 Å². The number of nitrogens with zero attached hydrogens (tertiary/aromatic N) is 3. The quantitative estimate of drug-likeness (QED) is 0.647. The highest BCUT2D eigenvalue weighted by Crippen LogP contribution is 2.29. The summed E-state index contributed by atoms with van der Waals surface area (Å²) in [5, 5.41) is 3.81. The summed E-state index contributed by atoms with van der Waals surface area (Å²) in [5.74, 6) is -0.339. The fraction of sp³-hybridized carbons (Fsp3) is 0.333. The van der Waals surface area contributed by atoms with Crippen molar-refractivity contribution < 1.29 is 4.79 Å². The highest BCUT2D eigenvalue weighted by Gasteiger charge is 2.25. The molecule has 1 unspecified atom stereocenters. The number of hydrogen-bond acceptors (Lipinski definition) is 5. The van der Waals surface area contributed by atoms with Crippen molar-refractivity contribution in [2.45, 2.75) is 18.9 Å². The van der Waals surface area contributed by atoms with E-state index < -0.39 is 11.2 Å². The van der Waals surface area contributed by atoms with Crippen LogP contribution in [0.4, 0.5) is 0 Å². The van der Waals surface area contributed by atoms with Gasteiger partial charge >= 0.3 is 5.69 Å². The molecule has 1 amide bonds. The maximum atomic E-state index is 12.8. The van der Waals surface area contributed by atoms with Crippen molar-refractivity contribution in [1.82, 2.24) is 24.8 Å². The fourth-order valence-electron chi connectivity index (χ4n) is 3.89. The number of carbonyl (C=O) groups excluding carboxylic acids is 1. The molecule has 3 aromatic rings. The second-order valence-electron chi connectivity index (χ2n) is 7.40. The van der Waals surface area contributed by atoms with E-state index in [2.05, 4.69) is 20.2 Å². The van der Waals surface area contributed by atoms with Crippen LogP contribution in [-0.4, -0.2) is 45.0 Å². The maximum Gasteiger partial charge on any atom is 0.329 e. The number of rotatable bonds is 5. The molecule has 4 rings (SSSR count). The number of H-pyrrole nitrogens is 1. The van der Waals surface area contributed by atoms with Crippen molar-refractivity contribution in [1.29, 1.82) is 0 Å². The van der Waals surface area contributed by atoms with Crippen LogP contribution >= 0.6 is 11.6 Å². The van der Waals surface area contributed by atoms with E-state index in [1.54, 1.807) is 0 Å². The molecule has 30 heavy (non-hydrogen) atoms. The monoisotopic (exact) mass is 427 g/mol. The summed E-state index contributed by atoms with van der Waals surface area (Å²) in [6, 6.07) is 9.08. The van der Waals surface area contributed by atoms with E-state index in [9.17, 15) is 14.4 Å². The Morgan fingerprint density at radius 1 is 1.27 bits per heavy atom. The summed E-state index contributed by atoms with van der Waals surface area (Å²) < 4.78 is 1.24. The van der Waals surface area contributed by atoms with Gasteiger partial charge in [0.05, 0.1) is 17.0 Å². The maximum absolute atomic E-state index is 12.8. The van der Waals surface area contributed by atoms with Crippen LogP contribution in [0.5, 0.6) is 0 Å². The van der Waals surface area contributed by atoms with Crippen molar-refractivity contribution >= 4 is 28.5 Å². The van der Waals surface area contributed by atoms with Gasteiger partial charge in [0.25, 0.3) is 11.5 Å². The van der Waals surface area contributed by atoms with Crippen molar-refractivity contribution in [3.8, 4) is 0 Å². The Bertz CT molecular complexity index is 1210. The molecular formula is C21H22ClN5O3. The van der Waals surface area contributed by atoms with Crippen LogP contribution in [0.3, 0.4) is 0 Å². The molecule has 8 nitrogen and oxygen atoms in total. The number of benzene rings is 1. The molecule has 1 saturated heterocycles. The lowest BCUT2D eigenvalue weighted by molar-refractivity contribution is 0.0937. The topological polar surface area (TPSA) is 100 Å². The van der Waals surface area contributed by atoms with E-state index in [1.165, 1.54) is 23.9 Å². The van der Waals surface area contributed by atoms with E-state index in [0.29, 0.717) is 11.6 Å². The van der Waals surface area contributed by atoms with Crippen molar-refractivity contribution in [2.75, 3.05) is 19.6 Å². The minimum absolute atomic E-state index is 0.0391. The number of likely N-dealkylation sites (tertiary alicyclic amines) is 1. The van der Waals surface area contributed by atoms with E-state index in [-0.39, 0.29) is 28.5 Å². The molecule has 156 valence electrons. The van der Waals surface area contributed by atoms with Crippen LogP contribution in [0.15, 0.2) is 46.1 Å². The van der Waals surface area contributed by atoms with Gasteiger partial charge in [-0.05, 0) is 43.6 Å². The number of fused-ring (bicyclic) bond motifs is 1. The molecule has 1 aliphatic rings. The van der Waals surface area contributed by atoms with Crippen LogP contribution in [0.2, 0.25) is 5.02 Å². The highest BCUT2D eigenvalue weighted by atomic mass is 35.5. The number of aromatic amines is 1. The van der Waals surface area contributed by atoms with Crippen molar-refractivity contribution in [2.24, 2.45) is 7.05 Å². The third-order valence-electron chi connectivity index (χ3n) is 5.52. The molecule has 1 fully saturated rings. The summed E-state index contributed by atoms with van der Waals surface area (Å²) in [6.07, 6.45) is 3.60. The third kappa shape index (κ3) is 3.88. The number of nitrogens with one attached hydrogen (secondary N) is 2. The number of aryl methyl sites for hydroxylation is 1. The van der Waals surface area contributed by atoms with Crippen LogP contribution in [0, 0.1) is 0 Å². The zero-order chi connectivity index (χ0) is 21.3. The molecule has 0 aliphatic carbocycles. The lowest BCUT2D eigenvalue weighted by Crippen LogP contribution is -2.37.